The Balaban J connectivity index is 0.000000640. The van der Waals surface area contributed by atoms with Crippen LogP contribution in [0.25, 0.3) is 0 Å². The normalized spacial score (nSPS) is 8.11. The minimum absolute atomic E-state index is 0. The molecule has 0 amide bonds. The van der Waals surface area contributed by atoms with Gasteiger partial charge in [0.25, 0.3) is 0 Å². The maximum atomic E-state index is 10.5. The SMILES string of the molecule is CC(=O)c1cc[c-]s1.[Zn]. The molecule has 9 heavy (non-hydrogen) atoms. The fraction of sp³-hybridized carbons (Fsp3) is 0.167. The van der Waals surface area contributed by atoms with Gasteiger partial charge in [0.1, 0.15) is 5.78 Å². The Hall–Kier alpha value is -0.00662. The number of Topliss-reactive ketones (excluding diaryl/α,β-unsaturated/α-hetero) is 1. The molecule has 0 aliphatic carbocycles. The second kappa shape index (κ2) is 3.91. The van der Waals surface area contributed by atoms with E-state index in [0.29, 0.717) is 0 Å². The van der Waals surface area contributed by atoms with Gasteiger partial charge in [-0.1, -0.05) is 4.88 Å². The van der Waals surface area contributed by atoms with Crippen LogP contribution >= 0.6 is 11.3 Å². The predicted molar refractivity (Wildman–Crippen MR) is 33.2 cm³/mol. The molecule has 0 saturated carbocycles. The second-order valence-corrected chi connectivity index (χ2v) is 2.35. The number of thiophene rings is 1. The van der Waals surface area contributed by atoms with Crippen molar-refractivity contribution in [1.82, 2.24) is 0 Å². The van der Waals surface area contributed by atoms with Crippen LogP contribution < -0.4 is 0 Å². The summed E-state index contributed by atoms with van der Waals surface area (Å²) in [5.74, 6) is 0.122. The summed E-state index contributed by atoms with van der Waals surface area (Å²) in [6.45, 7) is 1.56. The number of carbonyl (C=O) groups excluding carboxylic acids is 1. The van der Waals surface area contributed by atoms with E-state index in [2.05, 4.69) is 5.38 Å². The third kappa shape index (κ3) is 2.38. The smallest absolute Gasteiger partial charge is 0.104 e. The third-order valence-corrected chi connectivity index (χ3v) is 1.72. The zero-order valence-electron chi connectivity index (χ0n) is 5.18. The summed E-state index contributed by atoms with van der Waals surface area (Å²) < 4.78 is 0. The number of hydrogen-bond donors (Lipinski definition) is 0. The third-order valence-electron chi connectivity index (χ3n) is 0.819. The Morgan fingerprint density at radius 3 is 2.67 bits per heavy atom. The summed E-state index contributed by atoms with van der Waals surface area (Å²) in [5.41, 5.74) is 0. The monoisotopic (exact) mass is 189 g/mol. The van der Waals surface area contributed by atoms with Gasteiger partial charge < -0.3 is 4.79 Å². The van der Waals surface area contributed by atoms with E-state index < -0.39 is 0 Å². The molecule has 1 heterocycles. The van der Waals surface area contributed by atoms with Crippen LogP contribution in [-0.4, -0.2) is 5.78 Å². The number of ketones is 1. The first-order valence-corrected chi connectivity index (χ1v) is 3.09. The van der Waals surface area contributed by atoms with Crippen molar-refractivity contribution >= 4 is 17.1 Å². The van der Waals surface area contributed by atoms with Crippen LogP contribution in [0.3, 0.4) is 0 Å². The molecule has 3 heteroatoms. The number of rotatable bonds is 1. The van der Waals surface area contributed by atoms with Gasteiger partial charge >= 0.3 is 0 Å². The van der Waals surface area contributed by atoms with Crippen molar-refractivity contribution in [3.05, 3.63) is 22.4 Å². The molecule has 0 spiro atoms. The van der Waals surface area contributed by atoms with Gasteiger partial charge in [-0.05, 0) is 6.92 Å². The fourth-order valence-corrected chi connectivity index (χ4v) is 0.973. The molecule has 0 radical (unpaired) electrons. The molecule has 1 aromatic rings. The number of carbonyl (C=O) groups is 1. The molecule has 0 N–H and O–H groups in total. The predicted octanol–water partition coefficient (Wildman–Crippen LogP) is 1.75. The van der Waals surface area contributed by atoms with E-state index in [-0.39, 0.29) is 25.3 Å². The van der Waals surface area contributed by atoms with Crippen LogP contribution in [0.5, 0.6) is 0 Å². The Kier molecular flexibility index (Phi) is 3.91. The quantitative estimate of drug-likeness (QED) is 0.375. The van der Waals surface area contributed by atoms with Gasteiger partial charge in [-0.25, -0.2) is 0 Å². The van der Waals surface area contributed by atoms with Gasteiger partial charge in [-0.2, -0.15) is 12.1 Å². The van der Waals surface area contributed by atoms with E-state index in [0.717, 1.165) is 4.88 Å². The van der Waals surface area contributed by atoms with Crippen molar-refractivity contribution in [2.24, 2.45) is 0 Å². The zero-order valence-corrected chi connectivity index (χ0v) is 8.96. The molecule has 0 fully saturated rings. The zero-order chi connectivity index (χ0) is 5.98. The van der Waals surface area contributed by atoms with Crippen LogP contribution in [0.15, 0.2) is 12.1 Å². The Bertz CT molecular complexity index is 181. The van der Waals surface area contributed by atoms with Crippen LogP contribution in [0.4, 0.5) is 0 Å². The molecule has 0 saturated heterocycles. The molecular weight excluding hydrogens is 186 g/mol. The summed E-state index contributed by atoms with van der Waals surface area (Å²) in [7, 11) is 0. The Morgan fingerprint density at radius 1 is 1.78 bits per heavy atom. The summed E-state index contributed by atoms with van der Waals surface area (Å²) in [6, 6.07) is 3.52. The summed E-state index contributed by atoms with van der Waals surface area (Å²) >= 11 is 1.36. The molecule has 44 valence electrons. The first kappa shape index (κ1) is 8.99. The van der Waals surface area contributed by atoms with Crippen molar-refractivity contribution in [1.29, 1.82) is 0 Å². The van der Waals surface area contributed by atoms with E-state index in [1.807, 2.05) is 0 Å². The molecule has 0 aromatic carbocycles. The molecule has 1 rings (SSSR count). The van der Waals surface area contributed by atoms with Crippen molar-refractivity contribution in [3.8, 4) is 0 Å². The summed E-state index contributed by atoms with van der Waals surface area (Å²) in [5, 5.41) is 2.83. The van der Waals surface area contributed by atoms with E-state index in [9.17, 15) is 4.79 Å². The fourth-order valence-electron chi connectivity index (χ4n) is 0.430. The van der Waals surface area contributed by atoms with Crippen LogP contribution in [0.2, 0.25) is 0 Å². The van der Waals surface area contributed by atoms with Gasteiger partial charge in [0.2, 0.25) is 0 Å². The molecule has 1 aromatic heterocycles. The molecule has 0 atom stereocenters. The number of hydrogen-bond acceptors (Lipinski definition) is 2. The summed E-state index contributed by atoms with van der Waals surface area (Å²) in [6.07, 6.45) is 0. The maximum Gasteiger partial charge on any atom is 0.104 e. The molecule has 0 bridgehead atoms. The van der Waals surface area contributed by atoms with Crippen LogP contribution in [-0.2, 0) is 19.5 Å². The molecular formula is C6H5OSZn-. The minimum Gasteiger partial charge on any atom is -0.309 e. The Labute approximate surface area is 70.8 Å². The van der Waals surface area contributed by atoms with E-state index >= 15 is 0 Å². The van der Waals surface area contributed by atoms with Gasteiger partial charge in [-0.15, -0.1) is 5.38 Å². The van der Waals surface area contributed by atoms with Gasteiger partial charge in [0.15, 0.2) is 0 Å². The van der Waals surface area contributed by atoms with Crippen molar-refractivity contribution in [2.45, 2.75) is 6.92 Å². The maximum absolute atomic E-state index is 10.5. The van der Waals surface area contributed by atoms with Crippen molar-refractivity contribution < 1.29 is 24.3 Å². The van der Waals surface area contributed by atoms with Crippen molar-refractivity contribution in [2.75, 3.05) is 0 Å². The van der Waals surface area contributed by atoms with Gasteiger partial charge in [0.05, 0.1) is 0 Å². The van der Waals surface area contributed by atoms with E-state index in [1.54, 1.807) is 19.1 Å². The summed E-state index contributed by atoms with van der Waals surface area (Å²) in [4.78, 5) is 11.3. The standard InChI is InChI=1S/C6H5OS.Zn/c1-5(7)6-3-2-4-8-6;/h2-3H,1H3;/q-1;. The van der Waals surface area contributed by atoms with Crippen LogP contribution in [0.1, 0.15) is 16.6 Å². The minimum atomic E-state index is 0. The molecule has 0 unspecified atom stereocenters. The van der Waals surface area contributed by atoms with E-state index in [4.69, 9.17) is 0 Å². The van der Waals surface area contributed by atoms with E-state index in [1.165, 1.54) is 11.3 Å². The largest absolute Gasteiger partial charge is 0.309 e. The molecule has 0 aliphatic rings. The topological polar surface area (TPSA) is 17.1 Å². The average Bonchev–Trinajstić information content (AvgIpc) is 2.12. The van der Waals surface area contributed by atoms with Gasteiger partial charge in [-0.3, -0.25) is 11.3 Å². The van der Waals surface area contributed by atoms with Crippen molar-refractivity contribution in [3.63, 3.8) is 0 Å². The van der Waals surface area contributed by atoms with Crippen LogP contribution in [0, 0.1) is 5.38 Å². The average molecular weight is 191 g/mol. The first-order chi connectivity index (χ1) is 3.80. The molecule has 1 nitrogen and oxygen atoms in total. The Morgan fingerprint density at radius 2 is 2.44 bits per heavy atom. The second-order valence-electron chi connectivity index (χ2n) is 1.47. The van der Waals surface area contributed by atoms with Gasteiger partial charge in [0, 0.05) is 19.5 Å². The molecule has 0 aliphatic heterocycles. The first-order valence-electron chi connectivity index (χ1n) is 2.27.